The SMILES string of the molecule is COc1ccc(CNC(=O)NCC(C)(OC)c2cccc(Cl)c2)cc1. The van der Waals surface area contributed by atoms with Crippen molar-refractivity contribution in [1.29, 1.82) is 0 Å². The molecule has 2 N–H and O–H groups in total. The van der Waals surface area contributed by atoms with Gasteiger partial charge in [0.25, 0.3) is 0 Å². The van der Waals surface area contributed by atoms with E-state index in [0.29, 0.717) is 18.1 Å². The molecule has 0 saturated carbocycles. The Balaban J connectivity index is 1.88. The minimum absolute atomic E-state index is 0.263. The number of halogens is 1. The molecule has 0 aromatic heterocycles. The molecule has 0 aliphatic carbocycles. The maximum atomic E-state index is 12.1. The Morgan fingerprint density at radius 3 is 2.44 bits per heavy atom. The molecule has 0 bridgehead atoms. The number of benzene rings is 2. The van der Waals surface area contributed by atoms with Gasteiger partial charge in [-0.15, -0.1) is 0 Å². The Labute approximate surface area is 153 Å². The summed E-state index contributed by atoms with van der Waals surface area (Å²) in [5, 5.41) is 6.29. The monoisotopic (exact) mass is 362 g/mol. The zero-order valence-corrected chi connectivity index (χ0v) is 15.4. The number of rotatable bonds is 7. The van der Waals surface area contributed by atoms with Crippen LogP contribution in [0.4, 0.5) is 4.79 Å². The smallest absolute Gasteiger partial charge is 0.315 e. The predicted octanol–water partition coefficient (Wildman–Crippen LogP) is 3.71. The summed E-state index contributed by atoms with van der Waals surface area (Å²) in [5.74, 6) is 0.783. The highest BCUT2D eigenvalue weighted by atomic mass is 35.5. The number of carbonyl (C=O) groups is 1. The number of nitrogens with one attached hydrogen (secondary N) is 2. The number of hydrogen-bond donors (Lipinski definition) is 2. The van der Waals surface area contributed by atoms with Crippen LogP contribution in [0, 0.1) is 0 Å². The number of ether oxygens (including phenoxy) is 2. The van der Waals surface area contributed by atoms with Gasteiger partial charge in [-0.2, -0.15) is 0 Å². The van der Waals surface area contributed by atoms with Gasteiger partial charge in [0.05, 0.1) is 13.7 Å². The van der Waals surface area contributed by atoms with Crippen LogP contribution < -0.4 is 15.4 Å². The number of methoxy groups -OCH3 is 2. The molecule has 2 rings (SSSR count). The molecule has 134 valence electrons. The zero-order chi connectivity index (χ0) is 18.3. The lowest BCUT2D eigenvalue weighted by molar-refractivity contribution is 0.00488. The molecule has 0 spiro atoms. The summed E-state index contributed by atoms with van der Waals surface area (Å²) >= 11 is 6.05. The van der Waals surface area contributed by atoms with E-state index in [1.165, 1.54) is 0 Å². The standard InChI is InChI=1S/C19H23ClN2O3/c1-19(25-3,15-5-4-6-16(20)11-15)13-22-18(23)21-12-14-7-9-17(24-2)10-8-14/h4-11H,12-13H2,1-3H3,(H2,21,22,23). The quantitative estimate of drug-likeness (QED) is 0.789. The molecule has 2 amide bonds. The molecule has 0 heterocycles. The van der Waals surface area contributed by atoms with E-state index in [9.17, 15) is 4.79 Å². The molecule has 0 radical (unpaired) electrons. The van der Waals surface area contributed by atoms with Crippen LogP contribution in [-0.4, -0.2) is 26.8 Å². The number of hydrogen-bond acceptors (Lipinski definition) is 3. The molecule has 1 unspecified atom stereocenters. The van der Waals surface area contributed by atoms with Gasteiger partial charge in [0.1, 0.15) is 11.4 Å². The largest absolute Gasteiger partial charge is 0.497 e. The van der Waals surface area contributed by atoms with E-state index in [1.807, 2.05) is 49.4 Å². The fraction of sp³-hybridized carbons (Fsp3) is 0.316. The van der Waals surface area contributed by atoms with Gasteiger partial charge in [0, 0.05) is 18.7 Å². The molecular weight excluding hydrogens is 340 g/mol. The molecule has 0 aliphatic heterocycles. The topological polar surface area (TPSA) is 59.6 Å². The lowest BCUT2D eigenvalue weighted by Gasteiger charge is -2.29. The highest BCUT2D eigenvalue weighted by molar-refractivity contribution is 6.30. The fourth-order valence-electron chi connectivity index (χ4n) is 2.35. The Kier molecular flexibility index (Phi) is 6.67. The predicted molar refractivity (Wildman–Crippen MR) is 99.0 cm³/mol. The third-order valence-electron chi connectivity index (χ3n) is 4.08. The lowest BCUT2D eigenvalue weighted by atomic mass is 9.96. The molecule has 5 nitrogen and oxygen atoms in total. The maximum absolute atomic E-state index is 12.1. The maximum Gasteiger partial charge on any atom is 0.315 e. The first kappa shape index (κ1) is 19.1. The summed E-state index contributed by atoms with van der Waals surface area (Å²) < 4.78 is 10.7. The Bertz CT molecular complexity index is 706. The first-order valence-electron chi connectivity index (χ1n) is 7.92. The average molecular weight is 363 g/mol. The molecule has 0 fully saturated rings. The molecule has 2 aromatic carbocycles. The summed E-state index contributed by atoms with van der Waals surface area (Å²) in [7, 11) is 3.23. The van der Waals surface area contributed by atoms with Crippen LogP contribution >= 0.6 is 11.6 Å². The highest BCUT2D eigenvalue weighted by Gasteiger charge is 2.27. The van der Waals surface area contributed by atoms with Gasteiger partial charge in [-0.05, 0) is 42.3 Å². The van der Waals surface area contributed by atoms with Crippen molar-refractivity contribution in [1.82, 2.24) is 10.6 Å². The highest BCUT2D eigenvalue weighted by Crippen LogP contribution is 2.26. The molecule has 0 saturated heterocycles. The van der Waals surface area contributed by atoms with Gasteiger partial charge in [-0.1, -0.05) is 35.9 Å². The van der Waals surface area contributed by atoms with Crippen molar-refractivity contribution < 1.29 is 14.3 Å². The van der Waals surface area contributed by atoms with Gasteiger partial charge >= 0.3 is 6.03 Å². The van der Waals surface area contributed by atoms with E-state index in [1.54, 1.807) is 20.3 Å². The summed E-state index contributed by atoms with van der Waals surface area (Å²) in [4.78, 5) is 12.1. The second-order valence-corrected chi connectivity index (χ2v) is 6.27. The minimum Gasteiger partial charge on any atom is -0.497 e. The molecule has 25 heavy (non-hydrogen) atoms. The van der Waals surface area contributed by atoms with E-state index in [0.717, 1.165) is 16.9 Å². The van der Waals surface area contributed by atoms with Crippen LogP contribution in [0.5, 0.6) is 5.75 Å². The number of carbonyl (C=O) groups excluding carboxylic acids is 1. The van der Waals surface area contributed by atoms with Crippen LogP contribution in [0.2, 0.25) is 5.02 Å². The van der Waals surface area contributed by atoms with Gasteiger partial charge in [-0.25, -0.2) is 4.79 Å². The summed E-state index contributed by atoms with van der Waals surface area (Å²) in [6.07, 6.45) is 0. The minimum atomic E-state index is -0.664. The summed E-state index contributed by atoms with van der Waals surface area (Å²) in [5.41, 5.74) is 1.22. The number of amides is 2. The van der Waals surface area contributed by atoms with Crippen molar-refractivity contribution >= 4 is 17.6 Å². The van der Waals surface area contributed by atoms with E-state index >= 15 is 0 Å². The van der Waals surface area contributed by atoms with Crippen LogP contribution in [0.3, 0.4) is 0 Å². The van der Waals surface area contributed by atoms with E-state index in [-0.39, 0.29) is 6.03 Å². The van der Waals surface area contributed by atoms with Crippen LogP contribution in [0.1, 0.15) is 18.1 Å². The molecule has 1 atom stereocenters. The first-order chi connectivity index (χ1) is 12.0. The number of urea groups is 1. The van der Waals surface area contributed by atoms with Crippen molar-refractivity contribution in [3.8, 4) is 5.75 Å². The van der Waals surface area contributed by atoms with Crippen molar-refractivity contribution in [3.63, 3.8) is 0 Å². The molecule has 2 aromatic rings. The fourth-order valence-corrected chi connectivity index (χ4v) is 2.54. The van der Waals surface area contributed by atoms with E-state index in [2.05, 4.69) is 10.6 Å². The second-order valence-electron chi connectivity index (χ2n) is 5.83. The van der Waals surface area contributed by atoms with Crippen LogP contribution in [-0.2, 0) is 16.9 Å². The van der Waals surface area contributed by atoms with E-state index < -0.39 is 5.60 Å². The normalized spacial score (nSPS) is 13.0. The van der Waals surface area contributed by atoms with Gasteiger partial charge in [0.2, 0.25) is 0 Å². The second kappa shape index (κ2) is 8.74. The summed E-state index contributed by atoms with van der Waals surface area (Å²) in [6, 6.07) is 14.7. The van der Waals surface area contributed by atoms with Gasteiger partial charge in [-0.3, -0.25) is 0 Å². The third-order valence-corrected chi connectivity index (χ3v) is 4.32. The zero-order valence-electron chi connectivity index (χ0n) is 14.6. The Morgan fingerprint density at radius 2 is 1.84 bits per heavy atom. The molecular formula is C19H23ClN2O3. The van der Waals surface area contributed by atoms with Crippen molar-refractivity contribution in [2.24, 2.45) is 0 Å². The Hall–Kier alpha value is -2.24. The third kappa shape index (κ3) is 5.37. The lowest BCUT2D eigenvalue weighted by Crippen LogP contribution is -2.44. The van der Waals surface area contributed by atoms with Crippen LogP contribution in [0.15, 0.2) is 48.5 Å². The van der Waals surface area contributed by atoms with Crippen molar-refractivity contribution in [2.75, 3.05) is 20.8 Å². The van der Waals surface area contributed by atoms with Crippen LogP contribution in [0.25, 0.3) is 0 Å². The average Bonchev–Trinajstić information content (AvgIpc) is 2.64. The van der Waals surface area contributed by atoms with Gasteiger partial charge in [0.15, 0.2) is 0 Å². The van der Waals surface area contributed by atoms with Crippen molar-refractivity contribution in [2.45, 2.75) is 19.1 Å². The van der Waals surface area contributed by atoms with E-state index in [4.69, 9.17) is 21.1 Å². The van der Waals surface area contributed by atoms with Gasteiger partial charge < -0.3 is 20.1 Å². The summed E-state index contributed by atoms with van der Waals surface area (Å²) in [6.45, 7) is 2.65. The molecule has 0 aliphatic rings. The van der Waals surface area contributed by atoms with Crippen molar-refractivity contribution in [3.05, 3.63) is 64.7 Å². The Morgan fingerprint density at radius 1 is 1.12 bits per heavy atom. The first-order valence-corrected chi connectivity index (χ1v) is 8.30. The molecule has 6 heteroatoms.